The number of hydrogen-bond acceptors (Lipinski definition) is 3. The normalized spacial score (nSPS) is 12.6. The van der Waals surface area contributed by atoms with Crippen LogP contribution in [-0.4, -0.2) is 14.5 Å². The number of nitrogens with zero attached hydrogens (tertiary/aromatic N) is 3. The summed E-state index contributed by atoms with van der Waals surface area (Å²) in [5.41, 5.74) is 6.89. The molecule has 1 atom stereocenters. The fraction of sp³-hybridized carbons (Fsp3) is 0.200. The van der Waals surface area contributed by atoms with Crippen LogP contribution in [-0.2, 0) is 0 Å². The third kappa shape index (κ3) is 1.46. The van der Waals surface area contributed by atoms with E-state index in [0.29, 0.717) is 5.95 Å². The molecule has 0 aliphatic carbocycles. The zero-order chi connectivity index (χ0) is 9.97. The van der Waals surface area contributed by atoms with Gasteiger partial charge in [-0.05, 0) is 24.6 Å². The molecule has 72 valence electrons. The lowest BCUT2D eigenvalue weighted by molar-refractivity contribution is 0.647. The molecule has 0 amide bonds. The van der Waals surface area contributed by atoms with Crippen molar-refractivity contribution in [3.63, 3.8) is 0 Å². The molecular formula is C10H12N4. The molecule has 0 bridgehead atoms. The van der Waals surface area contributed by atoms with E-state index in [9.17, 15) is 0 Å². The summed E-state index contributed by atoms with van der Waals surface area (Å²) in [5.74, 6) is 0.536. The van der Waals surface area contributed by atoms with Crippen LogP contribution in [0.15, 0.2) is 36.9 Å². The largest absolute Gasteiger partial charge is 0.369 e. The predicted molar refractivity (Wildman–Crippen MR) is 54.7 cm³/mol. The molecule has 4 nitrogen and oxygen atoms in total. The van der Waals surface area contributed by atoms with Crippen molar-refractivity contribution in [1.82, 2.24) is 14.5 Å². The van der Waals surface area contributed by atoms with Crippen molar-refractivity contribution in [3.8, 4) is 0 Å². The summed E-state index contributed by atoms with van der Waals surface area (Å²) in [4.78, 5) is 7.96. The number of rotatable bonds is 2. The van der Waals surface area contributed by atoms with Gasteiger partial charge in [0.05, 0.1) is 6.04 Å². The number of aromatic nitrogens is 3. The Morgan fingerprint density at radius 3 is 2.57 bits per heavy atom. The Kier molecular flexibility index (Phi) is 2.18. The highest BCUT2D eigenvalue weighted by Crippen LogP contribution is 2.18. The number of anilines is 1. The van der Waals surface area contributed by atoms with Crippen molar-refractivity contribution >= 4 is 5.95 Å². The van der Waals surface area contributed by atoms with Gasteiger partial charge in [-0.3, -0.25) is 4.98 Å². The van der Waals surface area contributed by atoms with Crippen molar-refractivity contribution in [1.29, 1.82) is 0 Å². The molecule has 0 saturated heterocycles. The lowest BCUT2D eigenvalue weighted by atomic mass is 10.1. The lowest BCUT2D eigenvalue weighted by Crippen LogP contribution is -2.09. The average molecular weight is 188 g/mol. The SMILES string of the molecule is CC(c1ccncc1)n1ccnc1N. The van der Waals surface area contributed by atoms with Gasteiger partial charge in [0.15, 0.2) is 0 Å². The molecule has 4 heteroatoms. The van der Waals surface area contributed by atoms with Crippen LogP contribution in [0.1, 0.15) is 18.5 Å². The average Bonchev–Trinajstić information content (AvgIpc) is 2.65. The summed E-state index contributed by atoms with van der Waals surface area (Å²) >= 11 is 0. The zero-order valence-corrected chi connectivity index (χ0v) is 7.96. The third-order valence-corrected chi connectivity index (χ3v) is 2.30. The first-order valence-corrected chi connectivity index (χ1v) is 4.47. The van der Waals surface area contributed by atoms with E-state index >= 15 is 0 Å². The maximum absolute atomic E-state index is 5.72. The van der Waals surface area contributed by atoms with Gasteiger partial charge in [-0.2, -0.15) is 0 Å². The van der Waals surface area contributed by atoms with E-state index in [2.05, 4.69) is 16.9 Å². The topological polar surface area (TPSA) is 56.7 Å². The second kappa shape index (κ2) is 3.49. The van der Waals surface area contributed by atoms with Gasteiger partial charge in [0.2, 0.25) is 5.95 Å². The summed E-state index contributed by atoms with van der Waals surface area (Å²) in [7, 11) is 0. The number of imidazole rings is 1. The molecule has 0 saturated carbocycles. The minimum atomic E-state index is 0.195. The summed E-state index contributed by atoms with van der Waals surface area (Å²) in [6.07, 6.45) is 7.13. The molecule has 0 aliphatic heterocycles. The van der Waals surface area contributed by atoms with Crippen LogP contribution in [0.5, 0.6) is 0 Å². The summed E-state index contributed by atoms with van der Waals surface area (Å²) in [6, 6.07) is 4.15. The van der Waals surface area contributed by atoms with E-state index < -0.39 is 0 Å². The van der Waals surface area contributed by atoms with E-state index in [0.717, 1.165) is 0 Å². The van der Waals surface area contributed by atoms with Gasteiger partial charge in [-0.15, -0.1) is 0 Å². The highest BCUT2D eigenvalue weighted by atomic mass is 15.1. The lowest BCUT2D eigenvalue weighted by Gasteiger charge is -2.14. The van der Waals surface area contributed by atoms with Crippen molar-refractivity contribution in [2.75, 3.05) is 5.73 Å². The molecule has 2 aromatic rings. The second-order valence-electron chi connectivity index (χ2n) is 3.15. The fourth-order valence-corrected chi connectivity index (χ4v) is 1.45. The van der Waals surface area contributed by atoms with Gasteiger partial charge in [-0.25, -0.2) is 4.98 Å². The van der Waals surface area contributed by atoms with Crippen LogP contribution >= 0.6 is 0 Å². The Hall–Kier alpha value is -1.84. The summed E-state index contributed by atoms with van der Waals surface area (Å²) in [5, 5.41) is 0. The fourth-order valence-electron chi connectivity index (χ4n) is 1.45. The van der Waals surface area contributed by atoms with Crippen molar-refractivity contribution in [2.24, 2.45) is 0 Å². The Bertz CT molecular complexity index is 407. The monoisotopic (exact) mass is 188 g/mol. The van der Waals surface area contributed by atoms with Crippen molar-refractivity contribution < 1.29 is 0 Å². The minimum absolute atomic E-state index is 0.195. The second-order valence-corrected chi connectivity index (χ2v) is 3.15. The standard InChI is InChI=1S/C10H12N4/c1-8(9-2-4-12-5-3-9)14-7-6-13-10(14)11/h2-8H,1H3,(H2,11,13). The van der Waals surface area contributed by atoms with E-state index in [1.54, 1.807) is 18.6 Å². The molecule has 2 aromatic heterocycles. The smallest absolute Gasteiger partial charge is 0.200 e. The molecule has 2 rings (SSSR count). The van der Waals surface area contributed by atoms with E-state index in [1.807, 2.05) is 22.9 Å². The van der Waals surface area contributed by atoms with Crippen molar-refractivity contribution in [2.45, 2.75) is 13.0 Å². The van der Waals surface area contributed by atoms with Gasteiger partial charge < -0.3 is 10.3 Å². The van der Waals surface area contributed by atoms with Gasteiger partial charge in [-0.1, -0.05) is 0 Å². The van der Waals surface area contributed by atoms with Crippen LogP contribution in [0, 0.1) is 0 Å². The van der Waals surface area contributed by atoms with Crippen LogP contribution in [0.3, 0.4) is 0 Å². The van der Waals surface area contributed by atoms with Gasteiger partial charge >= 0.3 is 0 Å². The third-order valence-electron chi connectivity index (χ3n) is 2.30. The molecular weight excluding hydrogens is 176 g/mol. The van der Waals surface area contributed by atoms with Crippen LogP contribution in [0.25, 0.3) is 0 Å². The van der Waals surface area contributed by atoms with Crippen LogP contribution < -0.4 is 5.73 Å². The number of nitrogens with two attached hydrogens (primary N) is 1. The number of nitrogen functional groups attached to an aromatic ring is 1. The number of pyridine rings is 1. The zero-order valence-electron chi connectivity index (χ0n) is 7.96. The molecule has 2 heterocycles. The molecule has 0 radical (unpaired) electrons. The summed E-state index contributed by atoms with van der Waals surface area (Å²) in [6.45, 7) is 2.08. The Morgan fingerprint density at radius 1 is 1.29 bits per heavy atom. The summed E-state index contributed by atoms with van der Waals surface area (Å²) < 4.78 is 1.93. The predicted octanol–water partition coefficient (Wildman–Crippen LogP) is 1.47. The quantitative estimate of drug-likeness (QED) is 0.776. The van der Waals surface area contributed by atoms with Gasteiger partial charge in [0.25, 0.3) is 0 Å². The molecule has 0 aliphatic rings. The first-order valence-electron chi connectivity index (χ1n) is 4.47. The molecule has 0 fully saturated rings. The van der Waals surface area contributed by atoms with E-state index in [-0.39, 0.29) is 6.04 Å². The maximum atomic E-state index is 5.72. The highest BCUT2D eigenvalue weighted by Gasteiger charge is 2.08. The Balaban J connectivity index is 2.34. The first kappa shape index (κ1) is 8.74. The van der Waals surface area contributed by atoms with Crippen molar-refractivity contribution in [3.05, 3.63) is 42.5 Å². The Morgan fingerprint density at radius 2 is 2.00 bits per heavy atom. The molecule has 1 unspecified atom stereocenters. The van der Waals surface area contributed by atoms with Gasteiger partial charge in [0, 0.05) is 24.8 Å². The molecule has 2 N–H and O–H groups in total. The van der Waals surface area contributed by atoms with Crippen LogP contribution in [0.2, 0.25) is 0 Å². The van der Waals surface area contributed by atoms with Crippen LogP contribution in [0.4, 0.5) is 5.95 Å². The van der Waals surface area contributed by atoms with E-state index in [1.165, 1.54) is 5.56 Å². The minimum Gasteiger partial charge on any atom is -0.369 e. The first-order chi connectivity index (χ1) is 6.79. The molecule has 0 aromatic carbocycles. The molecule has 14 heavy (non-hydrogen) atoms. The van der Waals surface area contributed by atoms with E-state index in [4.69, 9.17) is 5.73 Å². The van der Waals surface area contributed by atoms with Gasteiger partial charge in [0.1, 0.15) is 0 Å². The number of hydrogen-bond donors (Lipinski definition) is 1. The molecule has 0 spiro atoms. The maximum Gasteiger partial charge on any atom is 0.200 e. The highest BCUT2D eigenvalue weighted by molar-refractivity contribution is 5.24. The Labute approximate surface area is 82.4 Å².